The van der Waals surface area contributed by atoms with Gasteiger partial charge < -0.3 is 16.0 Å². The molecular formula is C15H24N4OS. The van der Waals surface area contributed by atoms with E-state index < -0.39 is 0 Å². The smallest absolute Gasteiger partial charge is 0.268 e. The summed E-state index contributed by atoms with van der Waals surface area (Å²) in [7, 11) is 0. The standard InChI is InChI=1S/C15H24N4OS/c1-8-6-9(2)10(3)19(7-8)14(20)12-13(16)18-15(21-12)17-11-4-5-11/h8-11H,4-7,16H2,1-3H3,(H,17,18). The van der Waals surface area contributed by atoms with Crippen LogP contribution in [0.25, 0.3) is 0 Å². The fraction of sp³-hybridized carbons (Fsp3) is 0.733. The third-order valence-corrected chi connectivity index (χ3v) is 5.60. The van der Waals surface area contributed by atoms with Crippen molar-refractivity contribution >= 4 is 28.2 Å². The Labute approximate surface area is 129 Å². The first kappa shape index (κ1) is 14.6. The second-order valence-corrected chi connectivity index (χ2v) is 7.67. The van der Waals surface area contributed by atoms with Crippen LogP contribution in [0.2, 0.25) is 0 Å². The maximum Gasteiger partial charge on any atom is 0.268 e. The topological polar surface area (TPSA) is 71.2 Å². The van der Waals surface area contributed by atoms with Gasteiger partial charge in [0.05, 0.1) is 0 Å². The number of aromatic nitrogens is 1. The van der Waals surface area contributed by atoms with Crippen LogP contribution in [0.1, 0.15) is 49.7 Å². The molecule has 3 atom stereocenters. The van der Waals surface area contributed by atoms with E-state index in [2.05, 4.69) is 31.1 Å². The summed E-state index contributed by atoms with van der Waals surface area (Å²) < 4.78 is 0. The minimum atomic E-state index is 0.0414. The molecule has 21 heavy (non-hydrogen) atoms. The predicted molar refractivity (Wildman–Crippen MR) is 86.6 cm³/mol. The number of piperidine rings is 1. The molecule has 1 aliphatic carbocycles. The Morgan fingerprint density at radius 3 is 2.76 bits per heavy atom. The minimum Gasteiger partial charge on any atom is -0.382 e. The normalized spacial score (nSPS) is 29.5. The molecule has 0 radical (unpaired) electrons. The summed E-state index contributed by atoms with van der Waals surface area (Å²) in [5.74, 6) is 1.47. The van der Waals surface area contributed by atoms with Gasteiger partial charge in [-0.1, -0.05) is 25.2 Å². The fourth-order valence-corrected chi connectivity index (χ4v) is 3.98. The molecule has 1 saturated carbocycles. The molecule has 3 N–H and O–H groups in total. The highest BCUT2D eigenvalue weighted by molar-refractivity contribution is 7.18. The van der Waals surface area contributed by atoms with Gasteiger partial charge in [0.1, 0.15) is 10.7 Å². The van der Waals surface area contributed by atoms with E-state index in [-0.39, 0.29) is 11.9 Å². The maximum atomic E-state index is 12.8. The number of nitrogens with zero attached hydrogens (tertiary/aromatic N) is 2. The second-order valence-electron chi connectivity index (χ2n) is 6.67. The molecule has 2 heterocycles. The fourth-order valence-electron chi connectivity index (χ4n) is 3.06. The van der Waals surface area contributed by atoms with Crippen LogP contribution in [0, 0.1) is 11.8 Å². The first-order valence-corrected chi connectivity index (χ1v) is 8.61. The highest BCUT2D eigenvalue weighted by Crippen LogP contribution is 2.34. The SMILES string of the molecule is CC1CC(C)C(C)N(C(=O)c2sc(NC3CC3)nc2N)C1. The second kappa shape index (κ2) is 5.48. The number of nitrogens with two attached hydrogens (primary N) is 1. The summed E-state index contributed by atoms with van der Waals surface area (Å²) in [6.45, 7) is 7.37. The molecule has 2 fully saturated rings. The van der Waals surface area contributed by atoms with Crippen LogP contribution < -0.4 is 11.1 Å². The zero-order valence-corrected chi connectivity index (χ0v) is 13.7. The molecule has 1 aromatic heterocycles. The van der Waals surface area contributed by atoms with Crippen LogP contribution in [0.4, 0.5) is 10.9 Å². The molecule has 5 nitrogen and oxygen atoms in total. The Hall–Kier alpha value is -1.30. The number of thiazole rings is 1. The third kappa shape index (κ3) is 3.00. The van der Waals surface area contributed by atoms with Crippen LogP contribution in [0.3, 0.4) is 0 Å². The quantitative estimate of drug-likeness (QED) is 0.900. The molecule has 3 rings (SSSR count). The first-order valence-electron chi connectivity index (χ1n) is 7.79. The lowest BCUT2D eigenvalue weighted by molar-refractivity contribution is 0.0461. The van der Waals surface area contributed by atoms with Gasteiger partial charge in [-0.2, -0.15) is 0 Å². The van der Waals surface area contributed by atoms with Crippen LogP contribution in [0.5, 0.6) is 0 Å². The highest BCUT2D eigenvalue weighted by Gasteiger charge is 2.34. The van der Waals surface area contributed by atoms with Crippen molar-refractivity contribution in [2.24, 2.45) is 11.8 Å². The molecule has 0 spiro atoms. The lowest BCUT2D eigenvalue weighted by Crippen LogP contribution is -2.48. The van der Waals surface area contributed by atoms with Gasteiger partial charge in [-0.25, -0.2) is 4.98 Å². The number of hydrogen-bond acceptors (Lipinski definition) is 5. The van der Waals surface area contributed by atoms with Gasteiger partial charge in [-0.3, -0.25) is 4.79 Å². The molecule has 3 unspecified atom stereocenters. The number of hydrogen-bond donors (Lipinski definition) is 2. The van der Waals surface area contributed by atoms with Gasteiger partial charge in [-0.15, -0.1) is 0 Å². The number of likely N-dealkylation sites (tertiary alicyclic amines) is 1. The van der Waals surface area contributed by atoms with Crippen molar-refractivity contribution in [1.82, 2.24) is 9.88 Å². The number of anilines is 2. The molecule has 1 amide bonds. The lowest BCUT2D eigenvalue weighted by Gasteiger charge is -2.40. The van der Waals surface area contributed by atoms with Gasteiger partial charge in [0.2, 0.25) is 0 Å². The number of nitrogens with one attached hydrogen (secondary N) is 1. The van der Waals surface area contributed by atoms with E-state index in [9.17, 15) is 4.79 Å². The Bertz CT molecular complexity index is 540. The van der Waals surface area contributed by atoms with Gasteiger partial charge in [0, 0.05) is 18.6 Å². The van der Waals surface area contributed by atoms with E-state index >= 15 is 0 Å². The predicted octanol–water partition coefficient (Wildman–Crippen LogP) is 2.81. The Morgan fingerprint density at radius 2 is 2.10 bits per heavy atom. The van der Waals surface area contributed by atoms with Crippen LogP contribution in [-0.2, 0) is 0 Å². The van der Waals surface area contributed by atoms with Crippen molar-refractivity contribution in [3.8, 4) is 0 Å². The van der Waals surface area contributed by atoms with E-state index in [1.807, 2.05) is 4.90 Å². The summed E-state index contributed by atoms with van der Waals surface area (Å²) in [6, 6.07) is 0.780. The molecule has 0 aromatic carbocycles. The number of rotatable bonds is 3. The maximum absolute atomic E-state index is 12.8. The van der Waals surface area contributed by atoms with Crippen molar-refractivity contribution in [3.63, 3.8) is 0 Å². The largest absolute Gasteiger partial charge is 0.382 e. The average molecular weight is 308 g/mol. The summed E-state index contributed by atoms with van der Waals surface area (Å²) in [6.07, 6.45) is 3.54. The first-order chi connectivity index (χ1) is 9.95. The van der Waals surface area contributed by atoms with Gasteiger partial charge in [-0.05, 0) is 38.0 Å². The molecular weight excluding hydrogens is 284 g/mol. The van der Waals surface area contributed by atoms with Gasteiger partial charge in [0.25, 0.3) is 5.91 Å². The molecule has 116 valence electrons. The zero-order chi connectivity index (χ0) is 15.1. The summed E-state index contributed by atoms with van der Waals surface area (Å²) in [5, 5.41) is 4.10. The van der Waals surface area contributed by atoms with Crippen LogP contribution in [-0.4, -0.2) is 34.4 Å². The number of carbonyl (C=O) groups is 1. The van der Waals surface area contributed by atoms with Crippen molar-refractivity contribution in [3.05, 3.63) is 4.88 Å². The molecule has 2 aliphatic rings. The van der Waals surface area contributed by atoms with Crippen molar-refractivity contribution < 1.29 is 4.79 Å². The minimum absolute atomic E-state index is 0.0414. The van der Waals surface area contributed by atoms with E-state index in [0.717, 1.165) is 11.7 Å². The van der Waals surface area contributed by atoms with Crippen molar-refractivity contribution in [2.45, 2.75) is 52.1 Å². The highest BCUT2D eigenvalue weighted by atomic mass is 32.1. The van der Waals surface area contributed by atoms with Gasteiger partial charge >= 0.3 is 0 Å². The van der Waals surface area contributed by atoms with E-state index in [4.69, 9.17) is 5.73 Å². The Kier molecular flexibility index (Phi) is 3.82. The number of nitrogen functional groups attached to an aromatic ring is 1. The summed E-state index contributed by atoms with van der Waals surface area (Å²) >= 11 is 1.40. The van der Waals surface area contributed by atoms with E-state index in [1.54, 1.807) is 0 Å². The molecule has 0 bridgehead atoms. The lowest BCUT2D eigenvalue weighted by atomic mass is 9.86. The molecule has 1 saturated heterocycles. The summed E-state index contributed by atoms with van der Waals surface area (Å²) in [5.41, 5.74) is 5.97. The van der Waals surface area contributed by atoms with Gasteiger partial charge in [0.15, 0.2) is 5.13 Å². The van der Waals surface area contributed by atoms with Crippen LogP contribution in [0.15, 0.2) is 0 Å². The average Bonchev–Trinajstić information content (AvgIpc) is 3.15. The Balaban J connectivity index is 1.78. The summed E-state index contributed by atoms with van der Waals surface area (Å²) in [4.78, 5) is 19.7. The monoisotopic (exact) mass is 308 g/mol. The van der Waals surface area contributed by atoms with Crippen LogP contribution >= 0.6 is 11.3 Å². The molecule has 1 aliphatic heterocycles. The molecule has 1 aromatic rings. The van der Waals surface area contributed by atoms with Crippen molar-refractivity contribution in [2.75, 3.05) is 17.6 Å². The van der Waals surface area contributed by atoms with Crippen molar-refractivity contribution in [1.29, 1.82) is 0 Å². The number of carbonyl (C=O) groups excluding carboxylic acids is 1. The third-order valence-electron chi connectivity index (χ3n) is 4.61. The Morgan fingerprint density at radius 1 is 1.38 bits per heavy atom. The molecule has 6 heteroatoms. The number of amides is 1. The van der Waals surface area contributed by atoms with E-state index in [0.29, 0.717) is 28.6 Å². The van der Waals surface area contributed by atoms with E-state index in [1.165, 1.54) is 30.6 Å². The zero-order valence-electron chi connectivity index (χ0n) is 12.9.